The van der Waals surface area contributed by atoms with E-state index in [2.05, 4.69) is 105 Å². The van der Waals surface area contributed by atoms with Crippen LogP contribution in [0.5, 0.6) is 0 Å². The van der Waals surface area contributed by atoms with Crippen LogP contribution in [0.4, 0.5) is 0 Å². The zero-order valence-corrected chi connectivity index (χ0v) is 28.5. The van der Waals surface area contributed by atoms with E-state index in [0.717, 1.165) is 34.4 Å². The zero-order valence-electron chi connectivity index (χ0n) is 23.0. The summed E-state index contributed by atoms with van der Waals surface area (Å²) < 4.78 is 4.70. The van der Waals surface area contributed by atoms with Crippen molar-refractivity contribution in [3.8, 4) is 0 Å². The van der Waals surface area contributed by atoms with Crippen molar-refractivity contribution in [2.24, 2.45) is 0 Å². The van der Waals surface area contributed by atoms with Gasteiger partial charge in [-0.3, -0.25) is 9.13 Å². The predicted molar refractivity (Wildman–Crippen MR) is 165 cm³/mol. The first-order valence-electron chi connectivity index (χ1n) is 12.2. The molecule has 0 aliphatic carbocycles. The molecular weight excluding hydrogens is 675 g/mol. The van der Waals surface area contributed by atoms with Crippen molar-refractivity contribution in [1.29, 1.82) is 0 Å². The Labute approximate surface area is 255 Å². The van der Waals surface area contributed by atoms with Crippen LogP contribution in [0, 0.1) is 0 Å². The lowest BCUT2D eigenvalue weighted by atomic mass is 9.80. The molecule has 206 valence electrons. The molecule has 8 nitrogen and oxygen atoms in total. The Morgan fingerprint density at radius 3 is 1.87 bits per heavy atom. The number of imidazole rings is 2. The number of thiol groups is 1. The maximum Gasteiger partial charge on any atom is 0.224 e. The monoisotopic (exact) mass is 704 g/mol. The molecule has 0 saturated heterocycles. The minimum absolute atomic E-state index is 0.136. The van der Waals surface area contributed by atoms with E-state index >= 15 is 0 Å². The van der Waals surface area contributed by atoms with Gasteiger partial charge in [-0.05, 0) is 116 Å². The quantitative estimate of drug-likeness (QED) is 0.124. The molecule has 0 bridgehead atoms. The Morgan fingerprint density at radius 1 is 0.711 bits per heavy atom. The average Bonchev–Trinajstić information content (AvgIpc) is 3.25. The van der Waals surface area contributed by atoms with E-state index in [1.165, 1.54) is 0 Å². The molecule has 0 amide bonds. The molecular formula is C25H32Br2Cl2N8S. The molecule has 0 aliphatic rings. The lowest BCUT2D eigenvalue weighted by molar-refractivity contribution is 0.288. The van der Waals surface area contributed by atoms with E-state index in [1.54, 1.807) is 0 Å². The zero-order chi connectivity index (χ0) is 28.6. The molecule has 0 aliphatic heterocycles. The third kappa shape index (κ3) is 5.47. The standard InChI is InChI=1S/C25H32Br2Cl2N8S/c1-22(2,3)36-16-12(30-19(36)27)14(32-18(26)34-16)23(4,5)10-11-24(6,7)37-17-13(31-21(37)29)15(25(8,9)38)33-20(28)35-17/h38H,10-11H2,1-9H3. The molecule has 4 rings (SSSR count). The molecule has 0 N–H and O–H groups in total. The van der Waals surface area contributed by atoms with Gasteiger partial charge in [-0.1, -0.05) is 13.8 Å². The fourth-order valence-electron chi connectivity index (χ4n) is 4.69. The number of fused-ring (bicyclic) bond motifs is 2. The van der Waals surface area contributed by atoms with Crippen LogP contribution in [0.2, 0.25) is 10.6 Å². The minimum Gasteiger partial charge on any atom is -0.298 e. The van der Waals surface area contributed by atoms with Gasteiger partial charge in [-0.25, -0.2) is 24.9 Å². The SMILES string of the molecule is CC(C)(S)c1nc(Cl)nc2c1nc(Cl)n2C(C)(C)CCC(C)(C)c1nc(Br)nc2c1nc(Br)n2C(C)(C)C. The van der Waals surface area contributed by atoms with Crippen molar-refractivity contribution in [3.05, 3.63) is 31.4 Å². The van der Waals surface area contributed by atoms with E-state index in [9.17, 15) is 0 Å². The molecule has 0 atom stereocenters. The number of hydrogen-bond donors (Lipinski definition) is 1. The summed E-state index contributed by atoms with van der Waals surface area (Å²) in [4.78, 5) is 27.9. The van der Waals surface area contributed by atoms with Gasteiger partial charge >= 0.3 is 0 Å². The highest BCUT2D eigenvalue weighted by Gasteiger charge is 2.35. The second kappa shape index (κ2) is 9.82. The van der Waals surface area contributed by atoms with Crippen LogP contribution in [-0.4, -0.2) is 39.0 Å². The van der Waals surface area contributed by atoms with Crippen molar-refractivity contribution >= 4 is 90.0 Å². The highest BCUT2D eigenvalue weighted by atomic mass is 79.9. The van der Waals surface area contributed by atoms with Crippen molar-refractivity contribution < 1.29 is 0 Å². The fraction of sp³-hybridized carbons (Fsp3) is 0.600. The van der Waals surface area contributed by atoms with Crippen LogP contribution in [0.3, 0.4) is 0 Å². The summed E-state index contributed by atoms with van der Waals surface area (Å²) in [5.41, 5.74) is 3.27. The summed E-state index contributed by atoms with van der Waals surface area (Å²) in [6.07, 6.45) is 1.52. The number of hydrogen-bond acceptors (Lipinski definition) is 7. The summed E-state index contributed by atoms with van der Waals surface area (Å²) in [7, 11) is 0. The molecule has 13 heteroatoms. The molecule has 0 spiro atoms. The molecule has 0 aromatic carbocycles. The van der Waals surface area contributed by atoms with Crippen molar-refractivity contribution in [2.45, 2.75) is 96.4 Å². The van der Waals surface area contributed by atoms with Crippen molar-refractivity contribution in [2.75, 3.05) is 0 Å². The normalized spacial score (nSPS) is 13.7. The van der Waals surface area contributed by atoms with Gasteiger partial charge in [-0.2, -0.15) is 17.6 Å². The summed E-state index contributed by atoms with van der Waals surface area (Å²) in [5.74, 6) is 0. The van der Waals surface area contributed by atoms with E-state index < -0.39 is 10.3 Å². The molecule has 4 aromatic heterocycles. The number of rotatable bonds is 6. The Hall–Kier alpha value is -1.01. The van der Waals surface area contributed by atoms with Crippen LogP contribution in [0.1, 0.15) is 86.5 Å². The van der Waals surface area contributed by atoms with E-state index in [1.807, 2.05) is 18.4 Å². The van der Waals surface area contributed by atoms with E-state index in [4.69, 9.17) is 45.8 Å². The van der Waals surface area contributed by atoms with Crippen LogP contribution in [0.15, 0.2) is 9.47 Å². The summed E-state index contributed by atoms with van der Waals surface area (Å²) in [6.45, 7) is 18.8. The van der Waals surface area contributed by atoms with Crippen LogP contribution in [0.25, 0.3) is 22.3 Å². The molecule has 0 radical (unpaired) electrons. The molecule has 4 aromatic rings. The van der Waals surface area contributed by atoms with E-state index in [0.29, 0.717) is 26.9 Å². The maximum atomic E-state index is 6.73. The molecule has 0 fully saturated rings. The molecule has 0 unspecified atom stereocenters. The van der Waals surface area contributed by atoms with Gasteiger partial charge in [0.05, 0.1) is 16.1 Å². The highest BCUT2D eigenvalue weighted by molar-refractivity contribution is 9.10. The molecule has 0 saturated carbocycles. The Morgan fingerprint density at radius 2 is 1.29 bits per heavy atom. The Bertz CT molecular complexity index is 1550. The highest BCUT2D eigenvalue weighted by Crippen LogP contribution is 2.41. The van der Waals surface area contributed by atoms with E-state index in [-0.39, 0.29) is 16.2 Å². The maximum absolute atomic E-state index is 6.73. The Balaban J connectivity index is 1.76. The molecule has 4 heterocycles. The number of nitrogens with zero attached hydrogens (tertiary/aromatic N) is 8. The van der Waals surface area contributed by atoms with Gasteiger partial charge < -0.3 is 0 Å². The number of aromatic nitrogens is 8. The molecule has 38 heavy (non-hydrogen) atoms. The first-order valence-corrected chi connectivity index (χ1v) is 15.0. The third-order valence-electron chi connectivity index (χ3n) is 6.74. The lowest BCUT2D eigenvalue weighted by Gasteiger charge is -2.33. The largest absolute Gasteiger partial charge is 0.298 e. The predicted octanol–water partition coefficient (Wildman–Crippen LogP) is 8.21. The summed E-state index contributed by atoms with van der Waals surface area (Å²) in [5, 5.41) is 0.468. The first-order chi connectivity index (χ1) is 17.2. The summed E-state index contributed by atoms with van der Waals surface area (Å²) >= 11 is 24.9. The topological polar surface area (TPSA) is 87.2 Å². The van der Waals surface area contributed by atoms with Crippen LogP contribution >= 0.6 is 67.7 Å². The minimum atomic E-state index is -0.573. The number of halogens is 4. The third-order valence-corrected chi connectivity index (χ3v) is 8.26. The Kier molecular flexibility index (Phi) is 7.74. The smallest absolute Gasteiger partial charge is 0.224 e. The van der Waals surface area contributed by atoms with Crippen LogP contribution < -0.4 is 0 Å². The average molecular weight is 707 g/mol. The van der Waals surface area contributed by atoms with Gasteiger partial charge in [0.15, 0.2) is 20.8 Å². The van der Waals surface area contributed by atoms with Gasteiger partial charge in [0.25, 0.3) is 0 Å². The van der Waals surface area contributed by atoms with Gasteiger partial charge in [0.2, 0.25) is 10.6 Å². The fourth-order valence-corrected chi connectivity index (χ4v) is 6.62. The van der Waals surface area contributed by atoms with Gasteiger partial charge in [0, 0.05) is 16.5 Å². The second-order valence-electron chi connectivity index (χ2n) is 12.4. The second-order valence-corrected chi connectivity index (χ2v) is 15.6. The lowest BCUT2D eigenvalue weighted by Crippen LogP contribution is -2.31. The van der Waals surface area contributed by atoms with Gasteiger partial charge in [0.1, 0.15) is 11.0 Å². The summed E-state index contributed by atoms with van der Waals surface area (Å²) in [6, 6.07) is 0. The van der Waals surface area contributed by atoms with Crippen LogP contribution in [-0.2, 0) is 21.2 Å². The van der Waals surface area contributed by atoms with Crippen molar-refractivity contribution in [1.82, 2.24) is 39.0 Å². The first kappa shape index (κ1) is 30.0. The van der Waals surface area contributed by atoms with Crippen molar-refractivity contribution in [3.63, 3.8) is 0 Å². The van der Waals surface area contributed by atoms with Gasteiger partial charge in [-0.15, -0.1) is 0 Å².